The van der Waals surface area contributed by atoms with Crippen LogP contribution < -0.4 is 5.32 Å². The molecule has 3 nitrogen and oxygen atoms in total. The number of nitrogens with one attached hydrogen (secondary N) is 1. The van der Waals surface area contributed by atoms with Crippen LogP contribution in [0.3, 0.4) is 0 Å². The normalized spacial score (nSPS) is 23.6. The maximum atomic E-state index is 4.36. The lowest BCUT2D eigenvalue weighted by molar-refractivity contribution is 0.274. The van der Waals surface area contributed by atoms with E-state index in [1.165, 1.54) is 36.8 Å². The minimum atomic E-state index is 0.900. The molecule has 102 valence electrons. The first-order chi connectivity index (χ1) is 9.33. The van der Waals surface area contributed by atoms with E-state index < -0.39 is 0 Å². The Morgan fingerprint density at radius 2 is 2.32 bits per heavy atom. The van der Waals surface area contributed by atoms with Crippen LogP contribution in [-0.4, -0.2) is 16.5 Å². The molecular formula is C15H21N3S. The van der Waals surface area contributed by atoms with Crippen molar-refractivity contribution >= 4 is 27.4 Å². The van der Waals surface area contributed by atoms with Crippen LogP contribution in [-0.2, 0) is 0 Å². The van der Waals surface area contributed by atoms with Crippen LogP contribution in [0.1, 0.15) is 39.0 Å². The Bertz CT molecular complexity index is 537. The molecule has 0 radical (unpaired) electrons. The van der Waals surface area contributed by atoms with Gasteiger partial charge in [0.1, 0.15) is 12.1 Å². The summed E-state index contributed by atoms with van der Waals surface area (Å²) in [7, 11) is 0. The van der Waals surface area contributed by atoms with Gasteiger partial charge in [0.15, 0.2) is 0 Å². The first-order valence-electron chi connectivity index (χ1n) is 7.25. The van der Waals surface area contributed by atoms with Crippen LogP contribution in [0, 0.1) is 11.8 Å². The van der Waals surface area contributed by atoms with Crippen LogP contribution in [0.15, 0.2) is 17.8 Å². The molecule has 3 rings (SSSR count). The molecular weight excluding hydrogens is 254 g/mol. The monoisotopic (exact) mass is 275 g/mol. The molecule has 0 amide bonds. The quantitative estimate of drug-likeness (QED) is 0.903. The van der Waals surface area contributed by atoms with Crippen molar-refractivity contribution in [2.75, 3.05) is 11.9 Å². The second-order valence-electron chi connectivity index (χ2n) is 5.71. The minimum Gasteiger partial charge on any atom is -0.369 e. The standard InChI is InChI=1S/C15H21N3S/c1-11-3-2-4-12(9-11)5-7-16-15-14-13(6-8-19-14)17-10-18-15/h6,8,10-12H,2-5,7,9H2,1H3,(H,16,17,18). The molecule has 1 N–H and O–H groups in total. The van der Waals surface area contributed by atoms with E-state index in [0.29, 0.717) is 0 Å². The SMILES string of the molecule is CC1CCCC(CCNc2ncnc3ccsc23)C1. The van der Waals surface area contributed by atoms with Crippen LogP contribution in [0.2, 0.25) is 0 Å². The minimum absolute atomic E-state index is 0.900. The summed E-state index contributed by atoms with van der Waals surface area (Å²) in [5, 5.41) is 5.57. The molecule has 1 saturated carbocycles. The van der Waals surface area contributed by atoms with E-state index in [2.05, 4.69) is 33.7 Å². The Hall–Kier alpha value is -1.16. The highest BCUT2D eigenvalue weighted by Gasteiger charge is 2.18. The van der Waals surface area contributed by atoms with Gasteiger partial charge in [0.05, 0.1) is 10.2 Å². The van der Waals surface area contributed by atoms with Crippen molar-refractivity contribution in [3.63, 3.8) is 0 Å². The summed E-state index contributed by atoms with van der Waals surface area (Å²) in [6, 6.07) is 2.05. The van der Waals surface area contributed by atoms with Gasteiger partial charge in [-0.2, -0.15) is 0 Å². The van der Waals surface area contributed by atoms with E-state index in [1.807, 2.05) is 0 Å². The third-order valence-corrected chi connectivity index (χ3v) is 5.04. The fourth-order valence-electron chi connectivity index (χ4n) is 3.13. The lowest BCUT2D eigenvalue weighted by Crippen LogP contribution is -2.16. The third-order valence-electron chi connectivity index (χ3n) is 4.13. The van der Waals surface area contributed by atoms with Crippen molar-refractivity contribution in [1.82, 2.24) is 9.97 Å². The smallest absolute Gasteiger partial charge is 0.147 e. The van der Waals surface area contributed by atoms with E-state index in [0.717, 1.165) is 29.7 Å². The summed E-state index contributed by atoms with van der Waals surface area (Å²) in [6.45, 7) is 3.42. The van der Waals surface area contributed by atoms with E-state index in [4.69, 9.17) is 0 Å². The fraction of sp³-hybridized carbons (Fsp3) is 0.600. The number of anilines is 1. The Kier molecular flexibility index (Phi) is 3.97. The van der Waals surface area contributed by atoms with Crippen molar-refractivity contribution in [1.29, 1.82) is 0 Å². The fourth-order valence-corrected chi connectivity index (χ4v) is 3.94. The van der Waals surface area contributed by atoms with E-state index in [1.54, 1.807) is 17.7 Å². The van der Waals surface area contributed by atoms with Gasteiger partial charge < -0.3 is 5.32 Å². The first-order valence-corrected chi connectivity index (χ1v) is 8.13. The second kappa shape index (κ2) is 5.87. The molecule has 2 aromatic rings. The lowest BCUT2D eigenvalue weighted by atomic mass is 9.81. The zero-order valence-corrected chi connectivity index (χ0v) is 12.2. The van der Waals surface area contributed by atoms with Crippen molar-refractivity contribution in [3.05, 3.63) is 17.8 Å². The number of hydrogen-bond donors (Lipinski definition) is 1. The molecule has 4 heteroatoms. The molecule has 0 aromatic carbocycles. The topological polar surface area (TPSA) is 37.8 Å². The average Bonchev–Trinajstić information content (AvgIpc) is 2.88. The number of aromatic nitrogens is 2. The molecule has 2 heterocycles. The van der Waals surface area contributed by atoms with Crippen LogP contribution in [0.4, 0.5) is 5.82 Å². The molecule has 0 saturated heterocycles. The Labute approximate surface area is 118 Å². The Morgan fingerprint density at radius 3 is 3.21 bits per heavy atom. The van der Waals surface area contributed by atoms with Gasteiger partial charge in [0.2, 0.25) is 0 Å². The van der Waals surface area contributed by atoms with Crippen molar-refractivity contribution in [3.8, 4) is 0 Å². The summed E-state index contributed by atoms with van der Waals surface area (Å²) in [5.74, 6) is 2.82. The lowest BCUT2D eigenvalue weighted by Gasteiger charge is -2.26. The van der Waals surface area contributed by atoms with E-state index in [-0.39, 0.29) is 0 Å². The number of thiophene rings is 1. The largest absolute Gasteiger partial charge is 0.369 e. The van der Waals surface area contributed by atoms with Crippen LogP contribution in [0.25, 0.3) is 10.2 Å². The van der Waals surface area contributed by atoms with Crippen molar-refractivity contribution in [2.24, 2.45) is 11.8 Å². The second-order valence-corrected chi connectivity index (χ2v) is 6.63. The summed E-state index contributed by atoms with van der Waals surface area (Å²) in [6.07, 6.45) is 8.56. The molecule has 2 atom stereocenters. The highest BCUT2D eigenvalue weighted by molar-refractivity contribution is 7.17. The van der Waals surface area contributed by atoms with Crippen molar-refractivity contribution in [2.45, 2.75) is 39.0 Å². The highest BCUT2D eigenvalue weighted by atomic mass is 32.1. The molecule has 0 spiro atoms. The number of nitrogens with zero attached hydrogens (tertiary/aromatic N) is 2. The summed E-state index contributed by atoms with van der Waals surface area (Å²) < 4.78 is 1.18. The average molecular weight is 275 g/mol. The predicted molar refractivity (Wildman–Crippen MR) is 81.6 cm³/mol. The van der Waals surface area contributed by atoms with Gasteiger partial charge in [-0.25, -0.2) is 9.97 Å². The summed E-state index contributed by atoms with van der Waals surface area (Å²) >= 11 is 1.71. The van der Waals surface area contributed by atoms with Gasteiger partial charge in [-0.15, -0.1) is 11.3 Å². The molecule has 0 aliphatic heterocycles. The molecule has 0 bridgehead atoms. The zero-order valence-electron chi connectivity index (χ0n) is 11.4. The molecule has 1 aliphatic rings. The van der Waals surface area contributed by atoms with Gasteiger partial charge in [0.25, 0.3) is 0 Å². The number of hydrogen-bond acceptors (Lipinski definition) is 4. The summed E-state index contributed by atoms with van der Waals surface area (Å²) in [4.78, 5) is 8.63. The van der Waals surface area contributed by atoms with Gasteiger partial charge in [-0.3, -0.25) is 0 Å². The number of fused-ring (bicyclic) bond motifs is 1. The third kappa shape index (κ3) is 3.06. The van der Waals surface area contributed by atoms with Crippen LogP contribution in [0.5, 0.6) is 0 Å². The first kappa shape index (κ1) is 12.9. The number of rotatable bonds is 4. The van der Waals surface area contributed by atoms with E-state index in [9.17, 15) is 0 Å². The highest BCUT2D eigenvalue weighted by Crippen LogP contribution is 2.31. The van der Waals surface area contributed by atoms with Gasteiger partial charge in [-0.05, 0) is 36.1 Å². The maximum absolute atomic E-state index is 4.36. The van der Waals surface area contributed by atoms with E-state index >= 15 is 0 Å². The van der Waals surface area contributed by atoms with Crippen molar-refractivity contribution < 1.29 is 0 Å². The Morgan fingerprint density at radius 1 is 1.37 bits per heavy atom. The molecule has 1 fully saturated rings. The molecule has 19 heavy (non-hydrogen) atoms. The predicted octanol–water partition coefficient (Wildman–Crippen LogP) is 4.32. The van der Waals surface area contributed by atoms with Crippen LogP contribution >= 0.6 is 11.3 Å². The van der Waals surface area contributed by atoms with Gasteiger partial charge >= 0.3 is 0 Å². The Balaban J connectivity index is 1.56. The summed E-state index contributed by atoms with van der Waals surface area (Å²) in [5.41, 5.74) is 1.05. The van der Waals surface area contributed by atoms with Gasteiger partial charge in [-0.1, -0.05) is 26.2 Å². The molecule has 2 unspecified atom stereocenters. The maximum Gasteiger partial charge on any atom is 0.147 e. The molecule has 2 aromatic heterocycles. The molecule has 1 aliphatic carbocycles. The van der Waals surface area contributed by atoms with Gasteiger partial charge in [0, 0.05) is 6.54 Å². The zero-order chi connectivity index (χ0) is 13.1.